The lowest BCUT2D eigenvalue weighted by atomic mass is 9.85. The average Bonchev–Trinajstić information content (AvgIpc) is 3.14. The number of allylic oxidation sites excluding steroid dienone is 4. The first kappa shape index (κ1) is 28.3. The first-order valence-electron chi connectivity index (χ1n) is 15.9. The molecule has 1 nitrogen and oxygen atoms in total. The maximum absolute atomic E-state index is 14.9. The summed E-state index contributed by atoms with van der Waals surface area (Å²) in [6, 6.07) is 55.4. The van der Waals surface area contributed by atoms with Gasteiger partial charge in [-0.05, 0) is 73.8 Å². The van der Waals surface area contributed by atoms with Crippen LogP contribution in [0.25, 0.3) is 54.9 Å². The fourth-order valence-electron chi connectivity index (χ4n) is 6.99. The van der Waals surface area contributed by atoms with Crippen LogP contribution in [0.15, 0.2) is 181 Å². The van der Waals surface area contributed by atoms with Gasteiger partial charge in [0.05, 0.1) is 0 Å². The lowest BCUT2D eigenvalue weighted by Crippen LogP contribution is -2.17. The van der Waals surface area contributed by atoms with Crippen molar-refractivity contribution in [1.29, 1.82) is 0 Å². The molecule has 0 aromatic heterocycles. The van der Waals surface area contributed by atoms with Crippen molar-refractivity contribution in [1.82, 2.24) is 0 Å². The minimum atomic E-state index is -2.98. The van der Waals surface area contributed by atoms with E-state index >= 15 is 0 Å². The van der Waals surface area contributed by atoms with E-state index in [2.05, 4.69) is 146 Å². The zero-order valence-electron chi connectivity index (χ0n) is 25.5. The van der Waals surface area contributed by atoms with Gasteiger partial charge in [0.15, 0.2) is 7.14 Å². The highest BCUT2D eigenvalue weighted by Gasteiger charge is 2.31. The monoisotopic (exact) mass is 608 g/mol. The fourth-order valence-corrected chi connectivity index (χ4v) is 9.75. The number of hydrogen-bond donors (Lipinski definition) is 0. The van der Waals surface area contributed by atoms with Crippen molar-refractivity contribution < 1.29 is 4.57 Å². The summed E-state index contributed by atoms with van der Waals surface area (Å²) in [4.78, 5) is 0. The molecule has 0 aliphatic heterocycles. The van der Waals surface area contributed by atoms with E-state index in [1.165, 1.54) is 43.8 Å². The van der Waals surface area contributed by atoms with Crippen molar-refractivity contribution in [3.8, 4) is 33.4 Å². The molecular weight excluding hydrogens is 575 g/mol. The molecule has 0 radical (unpaired) electrons. The summed E-state index contributed by atoms with van der Waals surface area (Å²) < 4.78 is 14.9. The Bertz CT molecular complexity index is 2260. The Morgan fingerprint density at radius 3 is 1.50 bits per heavy atom. The molecule has 0 bridgehead atoms. The molecule has 220 valence electrons. The highest BCUT2D eigenvalue weighted by Crippen LogP contribution is 2.53. The van der Waals surface area contributed by atoms with Crippen LogP contribution in [-0.4, -0.2) is 0 Å². The van der Waals surface area contributed by atoms with Gasteiger partial charge < -0.3 is 4.57 Å². The Labute approximate surface area is 270 Å². The Balaban J connectivity index is 1.26. The lowest BCUT2D eigenvalue weighted by Gasteiger charge is -2.22. The van der Waals surface area contributed by atoms with Gasteiger partial charge in [-0.2, -0.15) is 0 Å². The molecule has 7 aromatic rings. The van der Waals surface area contributed by atoms with E-state index < -0.39 is 7.14 Å². The molecule has 1 atom stereocenters. The predicted octanol–water partition coefficient (Wildman–Crippen LogP) is 11.5. The Kier molecular flexibility index (Phi) is 7.33. The van der Waals surface area contributed by atoms with Gasteiger partial charge in [-0.25, -0.2) is 0 Å². The summed E-state index contributed by atoms with van der Waals surface area (Å²) in [5, 5.41) is 7.65. The van der Waals surface area contributed by atoms with Crippen LogP contribution < -0.4 is 10.6 Å². The predicted molar refractivity (Wildman–Crippen MR) is 198 cm³/mol. The first-order chi connectivity index (χ1) is 22.7. The molecule has 8 rings (SSSR count). The third-order valence-corrected chi connectivity index (χ3v) is 12.3. The third-order valence-electron chi connectivity index (χ3n) is 9.17. The molecule has 1 unspecified atom stereocenters. The van der Waals surface area contributed by atoms with Crippen LogP contribution >= 0.6 is 7.14 Å². The molecule has 0 spiro atoms. The molecule has 0 fully saturated rings. The van der Waals surface area contributed by atoms with Crippen molar-refractivity contribution in [3.63, 3.8) is 0 Å². The second kappa shape index (κ2) is 11.9. The molecule has 1 aliphatic carbocycles. The van der Waals surface area contributed by atoms with Crippen molar-refractivity contribution >= 4 is 39.3 Å². The second-order valence-electron chi connectivity index (χ2n) is 11.9. The largest absolute Gasteiger partial charge is 0.309 e. The maximum atomic E-state index is 14.9. The molecule has 46 heavy (non-hydrogen) atoms. The summed E-state index contributed by atoms with van der Waals surface area (Å²) in [7, 11) is -2.98. The van der Waals surface area contributed by atoms with Gasteiger partial charge in [0.1, 0.15) is 0 Å². The van der Waals surface area contributed by atoms with Gasteiger partial charge in [-0.1, -0.05) is 170 Å². The Morgan fingerprint density at radius 2 is 0.913 bits per heavy atom. The van der Waals surface area contributed by atoms with E-state index in [1.54, 1.807) is 0 Å². The van der Waals surface area contributed by atoms with E-state index in [9.17, 15) is 4.57 Å². The molecule has 7 aromatic carbocycles. The number of rotatable bonds is 6. The zero-order valence-corrected chi connectivity index (χ0v) is 26.4. The highest BCUT2D eigenvalue weighted by atomic mass is 31.2. The lowest BCUT2D eigenvalue weighted by molar-refractivity contribution is 0.591. The Hall–Kier alpha value is -5.23. The number of benzene rings is 7. The standard InChI is InChI=1S/C44H33OP/c45-46(36-19-6-2-7-20-36,37-21-8-3-9-22-37)38-29-27-32(28-30-38)34-17-14-18-35(31-34)44-41-25-12-10-23-39(41)43(33-15-4-1-5-16-33)40-24-11-13-26-42(40)44/h1-2,4-8,10-31H,3,9H2. The minimum Gasteiger partial charge on any atom is -0.309 e. The van der Waals surface area contributed by atoms with Gasteiger partial charge in [0.25, 0.3) is 0 Å². The van der Waals surface area contributed by atoms with E-state index in [-0.39, 0.29) is 0 Å². The van der Waals surface area contributed by atoms with E-state index in [1.807, 2.05) is 30.3 Å². The van der Waals surface area contributed by atoms with Crippen LogP contribution in [0.3, 0.4) is 0 Å². The van der Waals surface area contributed by atoms with Crippen LogP contribution in [0.4, 0.5) is 0 Å². The maximum Gasteiger partial charge on any atom is 0.170 e. The van der Waals surface area contributed by atoms with Crippen molar-refractivity contribution in [2.24, 2.45) is 0 Å². The van der Waals surface area contributed by atoms with Gasteiger partial charge in [0.2, 0.25) is 0 Å². The highest BCUT2D eigenvalue weighted by molar-refractivity contribution is 7.82. The molecular formula is C44H33OP. The normalized spacial score (nSPS) is 14.2. The van der Waals surface area contributed by atoms with Gasteiger partial charge in [-0.3, -0.25) is 0 Å². The summed E-state index contributed by atoms with van der Waals surface area (Å²) in [5.74, 6) is 0. The van der Waals surface area contributed by atoms with Crippen molar-refractivity contribution in [2.75, 3.05) is 0 Å². The second-order valence-corrected chi connectivity index (χ2v) is 14.7. The fraction of sp³-hybridized carbons (Fsp3) is 0.0455. The molecule has 0 saturated heterocycles. The van der Waals surface area contributed by atoms with Crippen molar-refractivity contribution in [3.05, 3.63) is 181 Å². The molecule has 2 heteroatoms. The van der Waals surface area contributed by atoms with Crippen LogP contribution in [0.5, 0.6) is 0 Å². The van der Waals surface area contributed by atoms with Crippen LogP contribution in [0, 0.1) is 0 Å². The van der Waals surface area contributed by atoms with Crippen LogP contribution in [0.1, 0.15) is 12.8 Å². The first-order valence-corrected chi connectivity index (χ1v) is 17.7. The van der Waals surface area contributed by atoms with Crippen molar-refractivity contribution in [2.45, 2.75) is 12.8 Å². The van der Waals surface area contributed by atoms with Crippen LogP contribution in [0.2, 0.25) is 0 Å². The summed E-state index contributed by atoms with van der Waals surface area (Å²) in [6.07, 6.45) is 8.27. The SMILES string of the molecule is O=P(C1=CCCC=C1)(c1ccccc1)c1ccc(-c2cccc(-c3c4ccccc4c(-c4ccccc4)c4ccccc34)c2)cc1. The summed E-state index contributed by atoms with van der Waals surface area (Å²) in [5.41, 5.74) is 7.16. The quantitative estimate of drug-likeness (QED) is 0.136. The average molecular weight is 609 g/mol. The van der Waals surface area contributed by atoms with Crippen LogP contribution in [-0.2, 0) is 4.57 Å². The van der Waals surface area contributed by atoms with E-state index in [0.29, 0.717) is 0 Å². The molecule has 0 saturated carbocycles. The smallest absolute Gasteiger partial charge is 0.170 e. The summed E-state index contributed by atoms with van der Waals surface area (Å²) in [6.45, 7) is 0. The summed E-state index contributed by atoms with van der Waals surface area (Å²) >= 11 is 0. The molecule has 0 heterocycles. The number of hydrogen-bond acceptors (Lipinski definition) is 1. The molecule has 1 aliphatic rings. The molecule has 0 N–H and O–H groups in total. The topological polar surface area (TPSA) is 17.1 Å². The molecule has 0 amide bonds. The number of fused-ring (bicyclic) bond motifs is 2. The minimum absolute atomic E-state index is 0.866. The van der Waals surface area contributed by atoms with Gasteiger partial charge in [0, 0.05) is 15.9 Å². The zero-order chi connectivity index (χ0) is 30.9. The van der Waals surface area contributed by atoms with E-state index in [4.69, 9.17) is 0 Å². The van der Waals surface area contributed by atoms with E-state index in [0.717, 1.165) is 39.9 Å². The Morgan fingerprint density at radius 1 is 0.413 bits per heavy atom. The third kappa shape index (κ3) is 4.85. The van der Waals surface area contributed by atoms with Gasteiger partial charge >= 0.3 is 0 Å². The van der Waals surface area contributed by atoms with Gasteiger partial charge in [-0.15, -0.1) is 0 Å².